The van der Waals surface area contributed by atoms with Crippen molar-refractivity contribution in [3.8, 4) is 5.88 Å². The zero-order valence-electron chi connectivity index (χ0n) is 16.5. The third kappa shape index (κ3) is 5.28. The molecule has 1 saturated carbocycles. The van der Waals surface area contributed by atoms with Crippen LogP contribution in [-0.4, -0.2) is 38.6 Å². The second-order valence-electron chi connectivity index (χ2n) is 7.76. The minimum Gasteiger partial charge on any atom is -0.474 e. The lowest BCUT2D eigenvalue weighted by Crippen LogP contribution is -2.49. The Morgan fingerprint density at radius 2 is 1.79 bits per heavy atom. The van der Waals surface area contributed by atoms with Gasteiger partial charge in [0.1, 0.15) is 6.10 Å². The highest BCUT2D eigenvalue weighted by molar-refractivity contribution is 7.89. The first-order valence-corrected chi connectivity index (χ1v) is 11.4. The Morgan fingerprint density at radius 3 is 2.48 bits per heavy atom. The van der Waals surface area contributed by atoms with Gasteiger partial charge in [-0.2, -0.15) is 0 Å². The van der Waals surface area contributed by atoms with Gasteiger partial charge in [-0.25, -0.2) is 18.1 Å². The van der Waals surface area contributed by atoms with Crippen LogP contribution in [0.15, 0.2) is 47.5 Å². The summed E-state index contributed by atoms with van der Waals surface area (Å²) in [6, 6.07) is 10.9. The van der Waals surface area contributed by atoms with Crippen molar-refractivity contribution < 1.29 is 13.2 Å². The van der Waals surface area contributed by atoms with Crippen LogP contribution in [0.2, 0.25) is 0 Å². The molecule has 0 atom stereocenters. The molecular weight excluding hydrogens is 410 g/mol. The molecule has 8 heteroatoms. The lowest BCUT2D eigenvalue weighted by molar-refractivity contribution is 0.0878. The van der Waals surface area contributed by atoms with Gasteiger partial charge in [0.25, 0.3) is 0 Å². The predicted octanol–water partition coefficient (Wildman–Crippen LogP) is 3.17. The van der Waals surface area contributed by atoms with Gasteiger partial charge in [-0.05, 0) is 57.0 Å². The van der Waals surface area contributed by atoms with Crippen molar-refractivity contribution in [3.63, 3.8) is 0 Å². The predicted molar refractivity (Wildman–Crippen MR) is 115 cm³/mol. The Labute approximate surface area is 178 Å². The summed E-state index contributed by atoms with van der Waals surface area (Å²) in [4.78, 5) is 4.76. The van der Waals surface area contributed by atoms with Crippen molar-refractivity contribution in [2.45, 2.75) is 55.6 Å². The molecule has 4 rings (SSSR count). The maximum atomic E-state index is 12.5. The molecule has 2 fully saturated rings. The third-order valence-corrected chi connectivity index (χ3v) is 7.14. The molecule has 0 radical (unpaired) electrons. The molecule has 0 unspecified atom stereocenters. The summed E-state index contributed by atoms with van der Waals surface area (Å²) in [5, 5.41) is 3.38. The van der Waals surface area contributed by atoms with E-state index in [1.54, 1.807) is 18.3 Å². The average molecular weight is 438 g/mol. The number of pyridine rings is 1. The molecule has 1 saturated heterocycles. The smallest absolute Gasteiger partial charge is 0.240 e. The van der Waals surface area contributed by atoms with E-state index in [0.29, 0.717) is 29.5 Å². The number of aromatic nitrogens is 1. The Kier molecular flexibility index (Phi) is 7.16. The first kappa shape index (κ1) is 22.0. The second-order valence-corrected chi connectivity index (χ2v) is 9.48. The topological polar surface area (TPSA) is 80.3 Å². The van der Waals surface area contributed by atoms with E-state index in [-0.39, 0.29) is 24.6 Å². The van der Waals surface area contributed by atoms with Gasteiger partial charge in [-0.15, -0.1) is 12.4 Å². The lowest BCUT2D eigenvalue weighted by Gasteiger charge is -2.36. The fourth-order valence-corrected chi connectivity index (χ4v) is 5.13. The van der Waals surface area contributed by atoms with Crippen LogP contribution in [0.1, 0.15) is 42.7 Å². The Morgan fingerprint density at radius 1 is 1.10 bits per heavy atom. The molecule has 2 aliphatic rings. The summed E-state index contributed by atoms with van der Waals surface area (Å²) in [7, 11) is -3.49. The van der Waals surface area contributed by atoms with Gasteiger partial charge in [0.05, 0.1) is 4.90 Å². The average Bonchev–Trinajstić information content (AvgIpc) is 2.67. The van der Waals surface area contributed by atoms with Crippen molar-refractivity contribution in [1.82, 2.24) is 15.0 Å². The fourth-order valence-electron chi connectivity index (χ4n) is 3.87. The molecule has 0 bridgehead atoms. The Hall–Kier alpha value is -1.67. The normalized spacial score (nSPS) is 22.4. The van der Waals surface area contributed by atoms with Crippen LogP contribution in [0.3, 0.4) is 0 Å². The molecule has 0 amide bonds. The highest BCUT2D eigenvalue weighted by atomic mass is 35.5. The van der Waals surface area contributed by atoms with Gasteiger partial charge in [0.2, 0.25) is 15.9 Å². The van der Waals surface area contributed by atoms with Crippen molar-refractivity contribution in [1.29, 1.82) is 0 Å². The SMILES string of the molecule is Cc1ccc(S(=O)(=O)NC2CC(Oc3ncccc3C3CCNCC3)C2)cc1.Cl. The summed E-state index contributed by atoms with van der Waals surface area (Å²) in [5.41, 5.74) is 2.21. The second kappa shape index (κ2) is 9.43. The first-order valence-electron chi connectivity index (χ1n) is 9.92. The zero-order valence-corrected chi connectivity index (χ0v) is 18.1. The molecule has 1 aliphatic heterocycles. The molecule has 2 heterocycles. The van der Waals surface area contributed by atoms with Crippen molar-refractivity contribution in [3.05, 3.63) is 53.7 Å². The largest absolute Gasteiger partial charge is 0.474 e. The summed E-state index contributed by atoms with van der Waals surface area (Å²) in [6.07, 6.45) is 5.26. The summed E-state index contributed by atoms with van der Waals surface area (Å²) in [6.45, 7) is 3.98. The molecule has 1 aliphatic carbocycles. The van der Waals surface area contributed by atoms with Gasteiger partial charge >= 0.3 is 0 Å². The van der Waals surface area contributed by atoms with Crippen LogP contribution in [0.5, 0.6) is 5.88 Å². The van der Waals surface area contributed by atoms with Crippen LogP contribution in [0.4, 0.5) is 0 Å². The van der Waals surface area contributed by atoms with E-state index in [0.717, 1.165) is 31.5 Å². The Balaban J connectivity index is 0.00000240. The van der Waals surface area contributed by atoms with Gasteiger partial charge in [0.15, 0.2) is 0 Å². The number of sulfonamides is 1. The van der Waals surface area contributed by atoms with Crippen LogP contribution in [-0.2, 0) is 10.0 Å². The van der Waals surface area contributed by atoms with Gasteiger partial charge in [0, 0.05) is 30.6 Å². The monoisotopic (exact) mass is 437 g/mol. The van der Waals surface area contributed by atoms with E-state index in [2.05, 4.69) is 21.1 Å². The third-order valence-electron chi connectivity index (χ3n) is 5.61. The minimum absolute atomic E-state index is 0. The molecule has 2 N–H and O–H groups in total. The van der Waals surface area contributed by atoms with Crippen LogP contribution in [0.25, 0.3) is 0 Å². The number of benzene rings is 1. The van der Waals surface area contributed by atoms with E-state index in [1.807, 2.05) is 25.1 Å². The number of rotatable bonds is 6. The molecule has 158 valence electrons. The summed E-state index contributed by atoms with van der Waals surface area (Å²) >= 11 is 0. The Bertz CT molecular complexity index is 909. The lowest BCUT2D eigenvalue weighted by atomic mass is 9.89. The number of hydrogen-bond acceptors (Lipinski definition) is 5. The number of piperidine rings is 1. The minimum atomic E-state index is -3.49. The van der Waals surface area contributed by atoms with Gasteiger partial charge in [-0.1, -0.05) is 23.8 Å². The van der Waals surface area contributed by atoms with E-state index in [4.69, 9.17) is 4.74 Å². The zero-order chi connectivity index (χ0) is 19.6. The van der Waals surface area contributed by atoms with Gasteiger partial charge in [-0.3, -0.25) is 0 Å². The summed E-state index contributed by atoms with van der Waals surface area (Å²) < 4.78 is 33.9. The van der Waals surface area contributed by atoms with Crippen LogP contribution < -0.4 is 14.8 Å². The van der Waals surface area contributed by atoms with Gasteiger partial charge < -0.3 is 10.1 Å². The fraction of sp³-hybridized carbons (Fsp3) is 0.476. The number of aryl methyl sites for hydroxylation is 1. The molecular formula is C21H28ClN3O3S. The molecule has 1 aromatic carbocycles. The van der Waals surface area contributed by atoms with E-state index in [1.165, 1.54) is 5.56 Å². The number of ether oxygens (including phenoxy) is 1. The van der Waals surface area contributed by atoms with E-state index >= 15 is 0 Å². The molecule has 0 spiro atoms. The highest BCUT2D eigenvalue weighted by Gasteiger charge is 2.35. The standard InChI is InChI=1S/C21H27N3O3S.ClH/c1-15-4-6-19(7-5-15)28(25,26)24-17-13-18(14-17)27-21-20(3-2-10-23-21)16-8-11-22-12-9-16;/h2-7,10,16-18,22,24H,8-9,11-14H2,1H3;1H. The molecule has 6 nitrogen and oxygen atoms in total. The highest BCUT2D eigenvalue weighted by Crippen LogP contribution is 2.34. The number of halogens is 1. The maximum Gasteiger partial charge on any atom is 0.240 e. The number of nitrogens with one attached hydrogen (secondary N) is 2. The quantitative estimate of drug-likeness (QED) is 0.725. The summed E-state index contributed by atoms with van der Waals surface area (Å²) in [5.74, 6) is 1.18. The van der Waals surface area contributed by atoms with Crippen molar-refractivity contribution in [2.24, 2.45) is 0 Å². The van der Waals surface area contributed by atoms with E-state index in [9.17, 15) is 8.42 Å². The van der Waals surface area contributed by atoms with Crippen molar-refractivity contribution >= 4 is 22.4 Å². The number of hydrogen-bond donors (Lipinski definition) is 2. The molecule has 29 heavy (non-hydrogen) atoms. The molecule has 2 aromatic rings. The van der Waals surface area contributed by atoms with Crippen LogP contribution in [0, 0.1) is 6.92 Å². The number of nitrogens with zero attached hydrogens (tertiary/aromatic N) is 1. The first-order chi connectivity index (χ1) is 13.5. The molecule has 1 aromatic heterocycles. The van der Waals surface area contributed by atoms with Crippen LogP contribution >= 0.6 is 12.4 Å². The van der Waals surface area contributed by atoms with E-state index < -0.39 is 10.0 Å². The van der Waals surface area contributed by atoms with Crippen molar-refractivity contribution in [2.75, 3.05) is 13.1 Å². The maximum absolute atomic E-state index is 12.5.